The number of nitrogens with one attached hydrogen (secondary N) is 1. The van der Waals surface area contributed by atoms with Gasteiger partial charge in [0.2, 0.25) is 0 Å². The highest BCUT2D eigenvalue weighted by Crippen LogP contribution is 2.10. The Morgan fingerprint density at radius 3 is 2.62 bits per heavy atom. The highest BCUT2D eigenvalue weighted by atomic mass is 14.8. The zero-order chi connectivity index (χ0) is 9.68. The maximum atomic E-state index is 3.34. The van der Waals surface area contributed by atoms with E-state index in [2.05, 4.69) is 44.3 Å². The summed E-state index contributed by atoms with van der Waals surface area (Å²) >= 11 is 0. The molecule has 0 amide bonds. The Bertz CT molecular complexity index is 266. The quantitative estimate of drug-likeness (QED) is 0.697. The Balaban J connectivity index is 2.56. The highest BCUT2D eigenvalue weighted by Gasteiger charge is 1.97. The van der Waals surface area contributed by atoms with Crippen molar-refractivity contribution >= 4 is 0 Å². The van der Waals surface area contributed by atoms with E-state index in [0.29, 0.717) is 0 Å². The second-order valence-corrected chi connectivity index (χ2v) is 3.53. The fourth-order valence-electron chi connectivity index (χ4n) is 1.53. The Kier molecular flexibility index (Phi) is 3.97. The molecular formula is C12H19N. The highest BCUT2D eigenvalue weighted by molar-refractivity contribution is 5.30. The topological polar surface area (TPSA) is 12.0 Å². The van der Waals surface area contributed by atoms with Gasteiger partial charge >= 0.3 is 0 Å². The molecule has 0 aliphatic rings. The largest absolute Gasteiger partial charge is 0.317 e. The molecular weight excluding hydrogens is 158 g/mol. The third-order valence-electron chi connectivity index (χ3n) is 2.32. The van der Waals surface area contributed by atoms with E-state index >= 15 is 0 Å². The first-order chi connectivity index (χ1) is 6.24. The summed E-state index contributed by atoms with van der Waals surface area (Å²) in [5.41, 5.74) is 4.23. The number of hydrogen-bond acceptors (Lipinski definition) is 1. The number of aryl methyl sites for hydroxylation is 2. The van der Waals surface area contributed by atoms with Gasteiger partial charge in [-0.05, 0) is 44.5 Å². The molecule has 0 aliphatic heterocycles. The molecule has 0 aromatic heterocycles. The van der Waals surface area contributed by atoms with Gasteiger partial charge in [-0.2, -0.15) is 0 Å². The summed E-state index contributed by atoms with van der Waals surface area (Å²) in [5, 5.41) is 3.34. The lowest BCUT2D eigenvalue weighted by atomic mass is 10.0. The third kappa shape index (κ3) is 3.19. The number of hydrogen-bond donors (Lipinski definition) is 1. The van der Waals surface area contributed by atoms with Crippen molar-refractivity contribution in [3.63, 3.8) is 0 Å². The molecule has 1 aromatic rings. The van der Waals surface area contributed by atoms with Gasteiger partial charge < -0.3 is 5.32 Å². The van der Waals surface area contributed by atoms with Crippen molar-refractivity contribution in [3.05, 3.63) is 34.9 Å². The second-order valence-electron chi connectivity index (χ2n) is 3.53. The molecule has 0 unspecified atom stereocenters. The standard InChI is InChI=1S/C12H19N/c1-4-13-8-7-12-6-5-10(2)9-11(12)3/h5-6,9,13H,4,7-8H2,1-3H3. The van der Waals surface area contributed by atoms with E-state index in [4.69, 9.17) is 0 Å². The minimum Gasteiger partial charge on any atom is -0.317 e. The van der Waals surface area contributed by atoms with E-state index < -0.39 is 0 Å². The van der Waals surface area contributed by atoms with Gasteiger partial charge in [0, 0.05) is 0 Å². The van der Waals surface area contributed by atoms with Crippen LogP contribution in [0, 0.1) is 13.8 Å². The molecule has 0 saturated carbocycles. The Hall–Kier alpha value is -0.820. The van der Waals surface area contributed by atoms with E-state index in [1.165, 1.54) is 16.7 Å². The molecule has 1 aromatic carbocycles. The van der Waals surface area contributed by atoms with Crippen LogP contribution in [0.25, 0.3) is 0 Å². The normalized spacial score (nSPS) is 10.4. The van der Waals surface area contributed by atoms with Gasteiger partial charge in [-0.1, -0.05) is 30.7 Å². The van der Waals surface area contributed by atoms with Crippen LogP contribution in [-0.4, -0.2) is 13.1 Å². The predicted octanol–water partition coefficient (Wildman–Crippen LogP) is 2.46. The lowest BCUT2D eigenvalue weighted by Gasteiger charge is -2.06. The molecule has 13 heavy (non-hydrogen) atoms. The molecule has 0 aliphatic carbocycles. The van der Waals surface area contributed by atoms with Gasteiger partial charge in [0.1, 0.15) is 0 Å². The van der Waals surface area contributed by atoms with Crippen LogP contribution in [-0.2, 0) is 6.42 Å². The second kappa shape index (κ2) is 5.03. The molecule has 1 heteroatoms. The summed E-state index contributed by atoms with van der Waals surface area (Å²) in [6, 6.07) is 6.68. The van der Waals surface area contributed by atoms with Gasteiger partial charge in [0.25, 0.3) is 0 Å². The van der Waals surface area contributed by atoms with E-state index in [1.807, 2.05) is 0 Å². The predicted molar refractivity (Wildman–Crippen MR) is 58.2 cm³/mol. The number of rotatable bonds is 4. The molecule has 0 spiro atoms. The summed E-state index contributed by atoms with van der Waals surface area (Å²) in [7, 11) is 0. The van der Waals surface area contributed by atoms with Crippen molar-refractivity contribution in [1.29, 1.82) is 0 Å². The average molecular weight is 177 g/mol. The number of likely N-dealkylation sites (N-methyl/N-ethyl adjacent to an activating group) is 1. The Labute approximate surface area is 81.2 Å². The van der Waals surface area contributed by atoms with Crippen LogP contribution in [0.1, 0.15) is 23.6 Å². The first-order valence-corrected chi connectivity index (χ1v) is 5.01. The van der Waals surface area contributed by atoms with E-state index in [-0.39, 0.29) is 0 Å². The third-order valence-corrected chi connectivity index (χ3v) is 2.32. The van der Waals surface area contributed by atoms with Crippen LogP contribution in [0.4, 0.5) is 0 Å². The van der Waals surface area contributed by atoms with Crippen LogP contribution in [0.15, 0.2) is 18.2 Å². The average Bonchev–Trinajstić information content (AvgIpc) is 2.09. The smallest absolute Gasteiger partial charge is 0.000837 e. The van der Waals surface area contributed by atoms with Crippen molar-refractivity contribution in [1.82, 2.24) is 5.32 Å². The first kappa shape index (κ1) is 10.3. The number of benzene rings is 1. The SMILES string of the molecule is CCNCCc1ccc(C)cc1C. The van der Waals surface area contributed by atoms with Crippen molar-refractivity contribution in [3.8, 4) is 0 Å². The van der Waals surface area contributed by atoms with Crippen LogP contribution in [0.3, 0.4) is 0 Å². The molecule has 1 rings (SSSR count). The zero-order valence-electron chi connectivity index (χ0n) is 8.85. The molecule has 1 N–H and O–H groups in total. The fourth-order valence-corrected chi connectivity index (χ4v) is 1.53. The molecule has 0 radical (unpaired) electrons. The lowest BCUT2D eigenvalue weighted by molar-refractivity contribution is 0.715. The summed E-state index contributed by atoms with van der Waals surface area (Å²) < 4.78 is 0. The van der Waals surface area contributed by atoms with Gasteiger partial charge in [-0.15, -0.1) is 0 Å². The van der Waals surface area contributed by atoms with Crippen LogP contribution < -0.4 is 5.32 Å². The van der Waals surface area contributed by atoms with Crippen molar-refractivity contribution in [2.45, 2.75) is 27.2 Å². The lowest BCUT2D eigenvalue weighted by Crippen LogP contribution is -2.16. The molecule has 0 saturated heterocycles. The molecule has 72 valence electrons. The Morgan fingerprint density at radius 1 is 1.23 bits per heavy atom. The minimum atomic E-state index is 1.06. The Morgan fingerprint density at radius 2 is 2.00 bits per heavy atom. The summed E-state index contributed by atoms with van der Waals surface area (Å²) in [4.78, 5) is 0. The minimum absolute atomic E-state index is 1.06. The molecule has 0 fully saturated rings. The summed E-state index contributed by atoms with van der Waals surface area (Å²) in [6.07, 6.45) is 1.14. The molecule has 1 nitrogen and oxygen atoms in total. The van der Waals surface area contributed by atoms with Crippen LogP contribution in [0.5, 0.6) is 0 Å². The van der Waals surface area contributed by atoms with Crippen molar-refractivity contribution in [2.75, 3.05) is 13.1 Å². The van der Waals surface area contributed by atoms with Crippen LogP contribution in [0.2, 0.25) is 0 Å². The fraction of sp³-hybridized carbons (Fsp3) is 0.500. The van der Waals surface area contributed by atoms with Gasteiger partial charge in [0.05, 0.1) is 0 Å². The van der Waals surface area contributed by atoms with E-state index in [0.717, 1.165) is 19.5 Å². The van der Waals surface area contributed by atoms with Crippen LogP contribution >= 0.6 is 0 Å². The van der Waals surface area contributed by atoms with Crippen molar-refractivity contribution in [2.24, 2.45) is 0 Å². The molecule has 0 atom stereocenters. The van der Waals surface area contributed by atoms with Gasteiger partial charge in [0.15, 0.2) is 0 Å². The van der Waals surface area contributed by atoms with Gasteiger partial charge in [-0.3, -0.25) is 0 Å². The monoisotopic (exact) mass is 177 g/mol. The summed E-state index contributed by atoms with van der Waals surface area (Å²) in [6.45, 7) is 8.61. The summed E-state index contributed by atoms with van der Waals surface area (Å²) in [5.74, 6) is 0. The first-order valence-electron chi connectivity index (χ1n) is 5.01. The van der Waals surface area contributed by atoms with E-state index in [9.17, 15) is 0 Å². The maximum absolute atomic E-state index is 3.34. The molecule has 0 bridgehead atoms. The van der Waals surface area contributed by atoms with Gasteiger partial charge in [-0.25, -0.2) is 0 Å². The molecule has 0 heterocycles. The van der Waals surface area contributed by atoms with Crippen molar-refractivity contribution < 1.29 is 0 Å². The van der Waals surface area contributed by atoms with E-state index in [1.54, 1.807) is 0 Å². The zero-order valence-corrected chi connectivity index (χ0v) is 8.85. The maximum Gasteiger partial charge on any atom is -0.000837 e.